The number of methoxy groups -OCH3 is 3. The second-order valence-electron chi connectivity index (χ2n) is 4.91. The molecule has 6 nitrogen and oxygen atoms in total. The molecule has 7 heteroatoms. The molecule has 0 radical (unpaired) electrons. The average molecular weight is 341 g/mol. The molecule has 0 amide bonds. The Hall–Kier alpha value is -1.70. The minimum Gasteiger partial charge on any atom is -0.500 e. The first-order valence-corrected chi connectivity index (χ1v) is 7.98. The van der Waals surface area contributed by atoms with E-state index in [-0.39, 0.29) is 12.0 Å². The van der Waals surface area contributed by atoms with Gasteiger partial charge in [-0.3, -0.25) is 0 Å². The van der Waals surface area contributed by atoms with Crippen LogP contribution in [0, 0.1) is 5.92 Å². The van der Waals surface area contributed by atoms with Crippen LogP contribution in [0.4, 0.5) is 0 Å². The van der Waals surface area contributed by atoms with E-state index in [0.717, 1.165) is 5.69 Å². The molecule has 1 rings (SSSR count). The molecule has 0 aliphatic carbocycles. The number of aliphatic hydroxyl groups excluding tert-OH is 1. The van der Waals surface area contributed by atoms with E-state index in [1.54, 1.807) is 14.0 Å². The Kier molecular flexibility index (Phi) is 7.94. The highest BCUT2D eigenvalue weighted by molar-refractivity contribution is 7.09. The van der Waals surface area contributed by atoms with Gasteiger partial charge in [-0.1, -0.05) is 13.0 Å². The van der Waals surface area contributed by atoms with Crippen LogP contribution >= 0.6 is 11.3 Å². The molecule has 1 unspecified atom stereocenters. The minimum atomic E-state index is -0.581. The molecular weight excluding hydrogens is 318 g/mol. The Bertz CT molecular complexity index is 565. The molecular formula is C16H23NO5S. The zero-order valence-corrected chi connectivity index (χ0v) is 14.8. The minimum absolute atomic E-state index is 0.185. The highest BCUT2D eigenvalue weighted by Gasteiger charge is 2.20. The maximum absolute atomic E-state index is 11.4. The second kappa shape index (κ2) is 9.44. The van der Waals surface area contributed by atoms with E-state index in [0.29, 0.717) is 10.8 Å². The van der Waals surface area contributed by atoms with Crippen molar-refractivity contribution in [3.8, 4) is 0 Å². The van der Waals surface area contributed by atoms with Gasteiger partial charge in [-0.05, 0) is 13.0 Å². The molecule has 3 atom stereocenters. The van der Waals surface area contributed by atoms with Crippen molar-refractivity contribution < 1.29 is 24.1 Å². The third-order valence-corrected chi connectivity index (χ3v) is 4.30. The van der Waals surface area contributed by atoms with Crippen molar-refractivity contribution in [2.45, 2.75) is 26.1 Å². The predicted molar refractivity (Wildman–Crippen MR) is 88.9 cm³/mol. The number of carbonyl (C=O) groups is 1. The molecule has 1 heterocycles. The van der Waals surface area contributed by atoms with Gasteiger partial charge < -0.3 is 19.3 Å². The Balaban J connectivity index is 2.87. The Morgan fingerprint density at radius 1 is 1.30 bits per heavy atom. The quantitative estimate of drug-likeness (QED) is 0.445. The summed E-state index contributed by atoms with van der Waals surface area (Å²) in [7, 11) is 4.39. The third kappa shape index (κ3) is 5.78. The third-order valence-electron chi connectivity index (χ3n) is 3.26. The van der Waals surface area contributed by atoms with Gasteiger partial charge in [-0.25, -0.2) is 9.78 Å². The fourth-order valence-electron chi connectivity index (χ4n) is 1.93. The molecule has 0 bridgehead atoms. The van der Waals surface area contributed by atoms with Gasteiger partial charge in [-0.15, -0.1) is 11.3 Å². The lowest BCUT2D eigenvalue weighted by Gasteiger charge is -2.21. The average Bonchev–Trinajstić information content (AvgIpc) is 3.01. The van der Waals surface area contributed by atoms with Crippen LogP contribution in [0.25, 0.3) is 6.08 Å². The lowest BCUT2D eigenvalue weighted by molar-refractivity contribution is -0.135. The number of rotatable bonds is 8. The van der Waals surface area contributed by atoms with E-state index in [2.05, 4.69) is 9.72 Å². The van der Waals surface area contributed by atoms with Crippen LogP contribution in [-0.4, -0.2) is 43.5 Å². The number of aromatic nitrogens is 1. The molecule has 1 N–H and O–H groups in total. The highest BCUT2D eigenvalue weighted by Crippen LogP contribution is 2.22. The molecule has 0 spiro atoms. The number of esters is 1. The van der Waals surface area contributed by atoms with Crippen LogP contribution in [0.1, 0.15) is 30.7 Å². The van der Waals surface area contributed by atoms with Crippen molar-refractivity contribution in [1.82, 2.24) is 4.98 Å². The fourth-order valence-corrected chi connectivity index (χ4v) is 2.65. The Labute approximate surface area is 140 Å². The number of thiazole rings is 1. The summed E-state index contributed by atoms with van der Waals surface area (Å²) in [6.07, 6.45) is 4.08. The molecule has 23 heavy (non-hydrogen) atoms. The van der Waals surface area contributed by atoms with E-state index >= 15 is 0 Å². The van der Waals surface area contributed by atoms with Crippen molar-refractivity contribution in [3.05, 3.63) is 34.0 Å². The molecule has 1 aromatic heterocycles. The predicted octanol–water partition coefficient (Wildman–Crippen LogP) is 2.56. The van der Waals surface area contributed by atoms with Crippen LogP contribution in [0.15, 0.2) is 23.3 Å². The summed E-state index contributed by atoms with van der Waals surface area (Å²) < 4.78 is 15.3. The van der Waals surface area contributed by atoms with Gasteiger partial charge in [0.05, 0.1) is 32.1 Å². The second-order valence-corrected chi connectivity index (χ2v) is 5.80. The topological polar surface area (TPSA) is 77.9 Å². The highest BCUT2D eigenvalue weighted by atomic mass is 32.1. The first-order chi connectivity index (χ1) is 10.9. The molecule has 0 aromatic carbocycles. The zero-order valence-electron chi connectivity index (χ0n) is 14.0. The lowest BCUT2D eigenvalue weighted by atomic mass is 10.0. The van der Waals surface area contributed by atoms with Crippen molar-refractivity contribution in [2.75, 3.05) is 21.3 Å². The number of hydrogen-bond donors (Lipinski definition) is 1. The monoisotopic (exact) mass is 341 g/mol. The Morgan fingerprint density at radius 2 is 2.00 bits per heavy atom. The smallest absolute Gasteiger partial charge is 0.333 e. The number of nitrogens with zero attached hydrogens (tertiary/aromatic N) is 1. The standard InChI is InChI=1S/C16H23NO5S/c1-10(14(21-4)8-15(19)22-5)13(20-3)7-6-12-9-23-16(17-12)11(2)18/h6-11,13,18H,1-5H3/b7-6+,14-8+/t10-,11?,13-/m0/s1. The maximum Gasteiger partial charge on any atom is 0.333 e. The first kappa shape index (κ1) is 19.3. The van der Waals surface area contributed by atoms with E-state index in [1.165, 1.54) is 31.6 Å². The van der Waals surface area contributed by atoms with Crippen LogP contribution in [0.3, 0.4) is 0 Å². The van der Waals surface area contributed by atoms with Crippen LogP contribution in [0.5, 0.6) is 0 Å². The molecule has 0 fully saturated rings. The van der Waals surface area contributed by atoms with Gasteiger partial charge in [0.25, 0.3) is 0 Å². The summed E-state index contributed by atoms with van der Waals surface area (Å²) in [4.78, 5) is 15.7. The van der Waals surface area contributed by atoms with E-state index < -0.39 is 12.1 Å². The van der Waals surface area contributed by atoms with Gasteiger partial charge in [0.15, 0.2) is 0 Å². The molecule has 0 aliphatic rings. The summed E-state index contributed by atoms with van der Waals surface area (Å²) >= 11 is 1.40. The van der Waals surface area contributed by atoms with Gasteiger partial charge in [-0.2, -0.15) is 0 Å². The van der Waals surface area contributed by atoms with E-state index in [4.69, 9.17) is 9.47 Å². The molecule has 0 saturated heterocycles. The molecule has 128 valence electrons. The fraction of sp³-hybridized carbons (Fsp3) is 0.500. The van der Waals surface area contributed by atoms with Crippen molar-refractivity contribution >= 4 is 23.4 Å². The maximum atomic E-state index is 11.4. The number of aliphatic hydroxyl groups is 1. The van der Waals surface area contributed by atoms with Gasteiger partial charge in [0.2, 0.25) is 0 Å². The van der Waals surface area contributed by atoms with Crippen molar-refractivity contribution in [2.24, 2.45) is 5.92 Å². The normalized spacial score (nSPS) is 16.2. The summed E-state index contributed by atoms with van der Waals surface area (Å²) in [5, 5.41) is 12.0. The lowest BCUT2D eigenvalue weighted by Crippen LogP contribution is -2.21. The summed E-state index contributed by atoms with van der Waals surface area (Å²) in [5.74, 6) is -0.194. The SMILES string of the molecule is COC(=O)/C=C(/OC)[C@@H](C)[C@H](/C=C/c1csc(C(C)O)n1)OC. The van der Waals surface area contributed by atoms with E-state index in [9.17, 15) is 9.90 Å². The zero-order chi connectivity index (χ0) is 17.4. The summed E-state index contributed by atoms with van der Waals surface area (Å²) in [5.41, 5.74) is 0.746. The van der Waals surface area contributed by atoms with Crippen LogP contribution < -0.4 is 0 Å². The molecule has 0 aliphatic heterocycles. The van der Waals surface area contributed by atoms with E-state index in [1.807, 2.05) is 24.5 Å². The summed E-state index contributed by atoms with van der Waals surface area (Å²) in [6.45, 7) is 3.56. The number of carbonyl (C=O) groups excluding carboxylic acids is 1. The largest absolute Gasteiger partial charge is 0.500 e. The molecule has 1 aromatic rings. The van der Waals surface area contributed by atoms with Crippen molar-refractivity contribution in [3.63, 3.8) is 0 Å². The van der Waals surface area contributed by atoms with Crippen LogP contribution in [-0.2, 0) is 19.0 Å². The molecule has 0 saturated carbocycles. The van der Waals surface area contributed by atoms with Crippen molar-refractivity contribution in [1.29, 1.82) is 0 Å². The Morgan fingerprint density at radius 3 is 2.48 bits per heavy atom. The van der Waals surface area contributed by atoms with Crippen LogP contribution in [0.2, 0.25) is 0 Å². The van der Waals surface area contributed by atoms with Gasteiger partial charge >= 0.3 is 5.97 Å². The van der Waals surface area contributed by atoms with Gasteiger partial charge in [0.1, 0.15) is 16.9 Å². The first-order valence-electron chi connectivity index (χ1n) is 7.10. The summed E-state index contributed by atoms with van der Waals surface area (Å²) in [6, 6.07) is 0. The number of ether oxygens (including phenoxy) is 3. The number of hydrogen-bond acceptors (Lipinski definition) is 7. The van der Waals surface area contributed by atoms with Gasteiger partial charge in [0, 0.05) is 18.4 Å².